The fourth-order valence-electron chi connectivity index (χ4n) is 2.81. The number of aromatic nitrogens is 4. The molecule has 0 saturated carbocycles. The second-order valence-electron chi connectivity index (χ2n) is 5.74. The van der Waals surface area contributed by atoms with Crippen LogP contribution in [-0.4, -0.2) is 26.8 Å². The fraction of sp³-hybridized carbons (Fsp3) is 0.105. The molecule has 124 valence electrons. The van der Waals surface area contributed by atoms with Gasteiger partial charge in [0.25, 0.3) is 0 Å². The lowest BCUT2D eigenvalue weighted by molar-refractivity contribution is 0.620. The molecule has 25 heavy (non-hydrogen) atoms. The number of benzene rings is 1. The number of hydrogen-bond acceptors (Lipinski definition) is 5. The van der Waals surface area contributed by atoms with Crippen molar-refractivity contribution < 1.29 is 4.42 Å². The van der Waals surface area contributed by atoms with Crippen LogP contribution in [0.1, 0.15) is 12.5 Å². The Labute approximate surface area is 144 Å². The van der Waals surface area contributed by atoms with E-state index in [2.05, 4.69) is 27.0 Å². The van der Waals surface area contributed by atoms with Gasteiger partial charge in [0.2, 0.25) is 5.89 Å². The summed E-state index contributed by atoms with van der Waals surface area (Å²) in [7, 11) is 1.84. The lowest BCUT2D eigenvalue weighted by Crippen LogP contribution is -2.04. The summed E-state index contributed by atoms with van der Waals surface area (Å²) in [5, 5.41) is 7.57. The van der Waals surface area contributed by atoms with Gasteiger partial charge < -0.3 is 9.73 Å². The summed E-state index contributed by atoms with van der Waals surface area (Å²) in [6.45, 7) is 6.01. The zero-order valence-electron chi connectivity index (χ0n) is 14.0. The average Bonchev–Trinajstić information content (AvgIpc) is 3.27. The number of rotatable bonds is 4. The second kappa shape index (κ2) is 5.90. The molecule has 0 aliphatic heterocycles. The van der Waals surface area contributed by atoms with Crippen molar-refractivity contribution >= 4 is 22.5 Å². The van der Waals surface area contributed by atoms with Crippen LogP contribution in [0.3, 0.4) is 0 Å². The van der Waals surface area contributed by atoms with Gasteiger partial charge in [0, 0.05) is 25.0 Å². The molecule has 0 fully saturated rings. The molecule has 0 unspecified atom stereocenters. The van der Waals surface area contributed by atoms with E-state index < -0.39 is 0 Å². The molecule has 4 rings (SSSR count). The van der Waals surface area contributed by atoms with Crippen molar-refractivity contribution in [3.63, 3.8) is 0 Å². The quantitative estimate of drug-likeness (QED) is 0.608. The first-order valence-corrected chi connectivity index (χ1v) is 7.91. The monoisotopic (exact) mass is 331 g/mol. The number of anilines is 1. The Kier molecular flexibility index (Phi) is 3.57. The summed E-state index contributed by atoms with van der Waals surface area (Å²) in [5.74, 6) is 1.32. The Balaban J connectivity index is 1.81. The van der Waals surface area contributed by atoms with Gasteiger partial charge in [0.05, 0.1) is 17.4 Å². The van der Waals surface area contributed by atoms with Crippen LogP contribution < -0.4 is 5.32 Å². The molecule has 3 aromatic heterocycles. The van der Waals surface area contributed by atoms with Crippen molar-refractivity contribution in [2.45, 2.75) is 6.92 Å². The van der Waals surface area contributed by atoms with Gasteiger partial charge in [-0.2, -0.15) is 5.10 Å². The summed E-state index contributed by atoms with van der Waals surface area (Å²) in [5.41, 5.74) is 5.13. The van der Waals surface area contributed by atoms with Gasteiger partial charge in [-0.05, 0) is 30.7 Å². The molecule has 3 heterocycles. The Hall–Kier alpha value is -3.41. The van der Waals surface area contributed by atoms with Crippen molar-refractivity contribution in [3.05, 3.63) is 61.1 Å². The van der Waals surface area contributed by atoms with Crippen LogP contribution in [0.5, 0.6) is 0 Å². The predicted molar refractivity (Wildman–Crippen MR) is 98.6 cm³/mol. The number of nitrogens with one attached hydrogen (secondary N) is 1. The lowest BCUT2D eigenvalue weighted by Gasteiger charge is -2.13. The van der Waals surface area contributed by atoms with Crippen LogP contribution in [0.4, 0.5) is 5.82 Å². The SMILES string of the molecule is C=C(C)c1c(-n2cc(-c3nc4ccccc4o3)cn2)ccnc1NC. The minimum Gasteiger partial charge on any atom is -0.436 e. The second-order valence-corrected chi connectivity index (χ2v) is 5.74. The maximum Gasteiger partial charge on any atom is 0.230 e. The Bertz CT molecular complexity index is 1040. The zero-order chi connectivity index (χ0) is 17.4. The number of pyridine rings is 1. The Morgan fingerprint density at radius 3 is 2.84 bits per heavy atom. The largest absolute Gasteiger partial charge is 0.436 e. The van der Waals surface area contributed by atoms with Crippen molar-refractivity contribution in [1.82, 2.24) is 19.7 Å². The van der Waals surface area contributed by atoms with Crippen molar-refractivity contribution in [2.75, 3.05) is 12.4 Å². The van der Waals surface area contributed by atoms with Crippen molar-refractivity contribution in [3.8, 4) is 17.1 Å². The van der Waals surface area contributed by atoms with E-state index in [0.717, 1.165) is 39.3 Å². The molecule has 0 radical (unpaired) electrons. The van der Waals surface area contributed by atoms with Gasteiger partial charge >= 0.3 is 0 Å². The van der Waals surface area contributed by atoms with Crippen LogP contribution in [0.25, 0.3) is 33.8 Å². The minimum absolute atomic E-state index is 0.548. The van der Waals surface area contributed by atoms with E-state index in [0.29, 0.717) is 5.89 Å². The molecule has 0 aliphatic carbocycles. The molecule has 0 amide bonds. The normalized spacial score (nSPS) is 11.0. The van der Waals surface area contributed by atoms with Crippen molar-refractivity contribution in [1.29, 1.82) is 0 Å². The van der Waals surface area contributed by atoms with Crippen LogP contribution in [0.15, 0.2) is 59.9 Å². The highest BCUT2D eigenvalue weighted by Gasteiger charge is 2.15. The third kappa shape index (κ3) is 2.57. The third-order valence-electron chi connectivity index (χ3n) is 3.96. The van der Waals surface area contributed by atoms with Gasteiger partial charge in [-0.15, -0.1) is 0 Å². The van der Waals surface area contributed by atoms with E-state index in [1.807, 2.05) is 50.5 Å². The van der Waals surface area contributed by atoms with E-state index in [-0.39, 0.29) is 0 Å². The van der Waals surface area contributed by atoms with E-state index in [9.17, 15) is 0 Å². The highest BCUT2D eigenvalue weighted by molar-refractivity contribution is 5.78. The number of allylic oxidation sites excluding steroid dienone is 1. The van der Waals surface area contributed by atoms with Crippen LogP contribution in [-0.2, 0) is 0 Å². The molecule has 1 aromatic carbocycles. The summed E-state index contributed by atoms with van der Waals surface area (Å²) in [6, 6.07) is 9.60. The topological polar surface area (TPSA) is 68.8 Å². The first kappa shape index (κ1) is 15.1. The van der Waals surface area contributed by atoms with Gasteiger partial charge in [0.15, 0.2) is 5.58 Å². The maximum absolute atomic E-state index is 5.82. The summed E-state index contributed by atoms with van der Waals surface area (Å²) in [4.78, 5) is 8.87. The van der Waals surface area contributed by atoms with E-state index >= 15 is 0 Å². The standard InChI is InChI=1S/C19H17N5O/c1-12(2)17-15(8-9-21-18(17)20-3)24-11-13(10-22-24)19-23-14-6-4-5-7-16(14)25-19/h4-11H,1H2,2-3H3,(H,20,21). The molecule has 6 nitrogen and oxygen atoms in total. The van der Waals surface area contributed by atoms with E-state index in [1.54, 1.807) is 17.1 Å². The molecule has 1 N–H and O–H groups in total. The Morgan fingerprint density at radius 1 is 1.24 bits per heavy atom. The molecular weight excluding hydrogens is 314 g/mol. The molecule has 0 atom stereocenters. The van der Waals surface area contributed by atoms with Gasteiger partial charge in [-0.25, -0.2) is 14.6 Å². The summed E-state index contributed by atoms with van der Waals surface area (Å²) in [6.07, 6.45) is 5.38. The molecule has 4 aromatic rings. The first-order valence-electron chi connectivity index (χ1n) is 7.91. The first-order chi connectivity index (χ1) is 12.2. The predicted octanol–water partition coefficient (Wildman–Crippen LogP) is 4.15. The van der Waals surface area contributed by atoms with E-state index in [1.165, 1.54) is 0 Å². The summed E-state index contributed by atoms with van der Waals surface area (Å²) < 4.78 is 7.61. The van der Waals surface area contributed by atoms with Gasteiger partial charge in [0.1, 0.15) is 11.3 Å². The van der Waals surface area contributed by atoms with Gasteiger partial charge in [-0.1, -0.05) is 18.7 Å². The molecule has 0 aliphatic rings. The minimum atomic E-state index is 0.548. The fourth-order valence-corrected chi connectivity index (χ4v) is 2.81. The summed E-state index contributed by atoms with van der Waals surface area (Å²) >= 11 is 0. The third-order valence-corrected chi connectivity index (χ3v) is 3.96. The van der Waals surface area contributed by atoms with Crippen molar-refractivity contribution in [2.24, 2.45) is 0 Å². The zero-order valence-corrected chi connectivity index (χ0v) is 14.0. The average molecular weight is 331 g/mol. The molecule has 0 spiro atoms. The molecule has 0 saturated heterocycles. The van der Waals surface area contributed by atoms with Crippen LogP contribution in [0, 0.1) is 0 Å². The molecule has 6 heteroatoms. The lowest BCUT2D eigenvalue weighted by atomic mass is 10.1. The highest BCUT2D eigenvalue weighted by atomic mass is 16.3. The number of nitrogens with zero attached hydrogens (tertiary/aromatic N) is 4. The molecular formula is C19H17N5O. The maximum atomic E-state index is 5.82. The van der Waals surface area contributed by atoms with E-state index in [4.69, 9.17) is 4.42 Å². The van der Waals surface area contributed by atoms with Gasteiger partial charge in [-0.3, -0.25) is 0 Å². The Morgan fingerprint density at radius 2 is 2.08 bits per heavy atom. The highest BCUT2D eigenvalue weighted by Crippen LogP contribution is 2.29. The number of para-hydroxylation sites is 2. The number of hydrogen-bond donors (Lipinski definition) is 1. The smallest absolute Gasteiger partial charge is 0.230 e. The van der Waals surface area contributed by atoms with Crippen LogP contribution >= 0.6 is 0 Å². The number of fused-ring (bicyclic) bond motifs is 1. The molecule has 0 bridgehead atoms. The van der Waals surface area contributed by atoms with Crippen LogP contribution in [0.2, 0.25) is 0 Å². The number of oxazole rings is 1.